The standard InChI is InChI=1S/C22H20O2/c1-15(23)19-13-21(24-16(19)2)22(18-11-7-4-8-12-18)14-20(22)17-9-5-3-6-10-17/h3-13,20H,14H2,1-2H3/t20-,22-/m0/s1. The molecule has 120 valence electrons. The topological polar surface area (TPSA) is 30.2 Å². The van der Waals surface area contributed by atoms with E-state index in [0.717, 1.165) is 12.2 Å². The number of ketones is 1. The van der Waals surface area contributed by atoms with E-state index in [1.54, 1.807) is 6.92 Å². The van der Waals surface area contributed by atoms with Crippen molar-refractivity contribution in [3.8, 4) is 0 Å². The highest BCUT2D eigenvalue weighted by molar-refractivity contribution is 5.95. The summed E-state index contributed by atoms with van der Waals surface area (Å²) in [4.78, 5) is 11.9. The van der Waals surface area contributed by atoms with E-state index >= 15 is 0 Å². The summed E-state index contributed by atoms with van der Waals surface area (Å²) in [7, 11) is 0. The molecule has 1 saturated carbocycles. The van der Waals surface area contributed by atoms with Crippen molar-refractivity contribution >= 4 is 5.78 Å². The van der Waals surface area contributed by atoms with Gasteiger partial charge in [0.15, 0.2) is 5.78 Å². The Kier molecular flexibility index (Phi) is 3.42. The van der Waals surface area contributed by atoms with Gasteiger partial charge >= 0.3 is 0 Å². The van der Waals surface area contributed by atoms with E-state index in [0.29, 0.717) is 17.2 Å². The highest BCUT2D eigenvalue weighted by atomic mass is 16.3. The van der Waals surface area contributed by atoms with Gasteiger partial charge in [0.1, 0.15) is 11.5 Å². The lowest BCUT2D eigenvalue weighted by Gasteiger charge is -2.16. The maximum absolute atomic E-state index is 11.9. The fraction of sp³-hybridized carbons (Fsp3) is 0.227. The minimum Gasteiger partial charge on any atom is -0.465 e. The zero-order valence-electron chi connectivity index (χ0n) is 14.0. The zero-order valence-corrected chi connectivity index (χ0v) is 14.0. The first-order valence-electron chi connectivity index (χ1n) is 8.35. The molecule has 1 aliphatic rings. The van der Waals surface area contributed by atoms with Crippen LogP contribution in [-0.2, 0) is 5.41 Å². The summed E-state index contributed by atoms with van der Waals surface area (Å²) in [5, 5.41) is 0. The van der Waals surface area contributed by atoms with Gasteiger partial charge in [-0.05, 0) is 37.5 Å². The maximum Gasteiger partial charge on any atom is 0.163 e. The molecule has 1 aromatic heterocycles. The van der Waals surface area contributed by atoms with E-state index < -0.39 is 0 Å². The number of hydrogen-bond donors (Lipinski definition) is 0. The van der Waals surface area contributed by atoms with E-state index in [-0.39, 0.29) is 11.2 Å². The van der Waals surface area contributed by atoms with Gasteiger partial charge in [0, 0.05) is 5.92 Å². The fourth-order valence-electron chi connectivity index (χ4n) is 3.87. The van der Waals surface area contributed by atoms with Crippen LogP contribution >= 0.6 is 0 Å². The van der Waals surface area contributed by atoms with E-state index in [9.17, 15) is 4.79 Å². The highest BCUT2D eigenvalue weighted by Gasteiger charge is 2.59. The van der Waals surface area contributed by atoms with Crippen molar-refractivity contribution in [1.82, 2.24) is 0 Å². The van der Waals surface area contributed by atoms with Crippen molar-refractivity contribution in [2.24, 2.45) is 0 Å². The minimum atomic E-state index is -0.166. The number of furan rings is 1. The van der Waals surface area contributed by atoms with Crippen LogP contribution in [0, 0.1) is 6.92 Å². The number of aryl methyl sites for hydroxylation is 1. The predicted octanol–water partition coefficient (Wildman–Crippen LogP) is 5.26. The molecule has 4 rings (SSSR count). The number of carbonyl (C=O) groups excluding carboxylic acids is 1. The third-order valence-electron chi connectivity index (χ3n) is 5.19. The lowest BCUT2D eigenvalue weighted by molar-refractivity contribution is 0.101. The predicted molar refractivity (Wildman–Crippen MR) is 94.5 cm³/mol. The van der Waals surface area contributed by atoms with Crippen molar-refractivity contribution in [1.29, 1.82) is 0 Å². The second-order valence-electron chi connectivity index (χ2n) is 6.64. The van der Waals surface area contributed by atoms with Crippen molar-refractivity contribution < 1.29 is 9.21 Å². The van der Waals surface area contributed by atoms with Crippen LogP contribution in [-0.4, -0.2) is 5.78 Å². The van der Waals surface area contributed by atoms with Gasteiger partial charge in [-0.25, -0.2) is 0 Å². The van der Waals surface area contributed by atoms with Crippen LogP contribution in [0.3, 0.4) is 0 Å². The quantitative estimate of drug-likeness (QED) is 0.614. The molecule has 0 saturated heterocycles. The summed E-state index contributed by atoms with van der Waals surface area (Å²) in [6.45, 7) is 3.47. The van der Waals surface area contributed by atoms with Gasteiger partial charge in [0.25, 0.3) is 0 Å². The van der Waals surface area contributed by atoms with Crippen LogP contribution in [0.1, 0.15) is 52.3 Å². The number of hydrogen-bond acceptors (Lipinski definition) is 2. The lowest BCUT2D eigenvalue weighted by atomic mass is 9.88. The molecule has 0 radical (unpaired) electrons. The van der Waals surface area contributed by atoms with Gasteiger partial charge in [-0.2, -0.15) is 0 Å². The molecule has 2 aromatic carbocycles. The molecule has 0 N–H and O–H groups in total. The van der Waals surface area contributed by atoms with Crippen LogP contribution in [0.25, 0.3) is 0 Å². The first kappa shape index (κ1) is 14.9. The first-order chi connectivity index (χ1) is 11.6. The summed E-state index contributed by atoms with van der Waals surface area (Å²) >= 11 is 0. The smallest absolute Gasteiger partial charge is 0.163 e. The maximum atomic E-state index is 11.9. The van der Waals surface area contributed by atoms with Crippen LogP contribution in [0.5, 0.6) is 0 Å². The summed E-state index contributed by atoms with van der Waals surface area (Å²) in [5.74, 6) is 2.06. The Morgan fingerprint density at radius 1 is 1.04 bits per heavy atom. The van der Waals surface area contributed by atoms with E-state index in [1.807, 2.05) is 25.1 Å². The Bertz CT molecular complexity index is 877. The molecule has 2 nitrogen and oxygen atoms in total. The summed E-state index contributed by atoms with van der Waals surface area (Å²) < 4.78 is 6.09. The van der Waals surface area contributed by atoms with Crippen molar-refractivity contribution in [3.63, 3.8) is 0 Å². The van der Waals surface area contributed by atoms with E-state index in [2.05, 4.69) is 48.5 Å². The second kappa shape index (κ2) is 5.48. The molecule has 3 aromatic rings. The van der Waals surface area contributed by atoms with Gasteiger partial charge in [-0.15, -0.1) is 0 Å². The van der Waals surface area contributed by atoms with Crippen molar-refractivity contribution in [3.05, 3.63) is 94.9 Å². The average molecular weight is 316 g/mol. The SMILES string of the molecule is CC(=O)c1cc([C@]2(c3ccccc3)C[C@H]2c2ccccc2)oc1C. The summed E-state index contributed by atoms with van der Waals surface area (Å²) in [5.41, 5.74) is 3.10. The van der Waals surface area contributed by atoms with E-state index in [1.165, 1.54) is 11.1 Å². The fourth-order valence-corrected chi connectivity index (χ4v) is 3.87. The van der Waals surface area contributed by atoms with Crippen LogP contribution in [0.2, 0.25) is 0 Å². The Morgan fingerprint density at radius 2 is 1.67 bits per heavy atom. The molecular weight excluding hydrogens is 296 g/mol. The largest absolute Gasteiger partial charge is 0.465 e. The molecule has 2 atom stereocenters. The third kappa shape index (κ3) is 2.22. The number of rotatable bonds is 4. The van der Waals surface area contributed by atoms with Crippen LogP contribution in [0.15, 0.2) is 71.1 Å². The molecular formula is C22H20O2. The molecule has 1 heterocycles. The molecule has 1 aliphatic carbocycles. The third-order valence-corrected chi connectivity index (χ3v) is 5.19. The van der Waals surface area contributed by atoms with Gasteiger partial charge < -0.3 is 4.42 Å². The van der Waals surface area contributed by atoms with Crippen LogP contribution in [0.4, 0.5) is 0 Å². The molecule has 0 amide bonds. The second-order valence-corrected chi connectivity index (χ2v) is 6.64. The normalized spacial score (nSPS) is 22.3. The Balaban J connectivity index is 1.85. The monoisotopic (exact) mass is 316 g/mol. The van der Waals surface area contributed by atoms with Crippen molar-refractivity contribution in [2.75, 3.05) is 0 Å². The Morgan fingerprint density at radius 3 is 2.25 bits per heavy atom. The molecule has 1 fully saturated rings. The van der Waals surface area contributed by atoms with Crippen LogP contribution < -0.4 is 0 Å². The van der Waals surface area contributed by atoms with Gasteiger partial charge in [0.05, 0.1) is 11.0 Å². The summed E-state index contributed by atoms with van der Waals surface area (Å²) in [6.07, 6.45) is 1.01. The Hall–Kier alpha value is -2.61. The lowest BCUT2D eigenvalue weighted by Crippen LogP contribution is -2.11. The summed E-state index contributed by atoms with van der Waals surface area (Å²) in [6, 6.07) is 23.0. The Labute approximate surface area is 142 Å². The van der Waals surface area contributed by atoms with Gasteiger partial charge in [0.2, 0.25) is 0 Å². The number of benzene rings is 2. The van der Waals surface area contributed by atoms with Gasteiger partial charge in [-0.3, -0.25) is 4.79 Å². The number of Topliss-reactive ketones (excluding diaryl/α,β-unsaturated/α-hetero) is 1. The van der Waals surface area contributed by atoms with E-state index in [4.69, 9.17) is 4.42 Å². The first-order valence-corrected chi connectivity index (χ1v) is 8.35. The highest BCUT2D eigenvalue weighted by Crippen LogP contribution is 2.64. The average Bonchev–Trinajstić information content (AvgIpc) is 3.25. The molecule has 24 heavy (non-hydrogen) atoms. The number of carbonyl (C=O) groups is 1. The molecule has 2 heteroatoms. The molecule has 0 bridgehead atoms. The van der Waals surface area contributed by atoms with Gasteiger partial charge in [-0.1, -0.05) is 60.7 Å². The molecule has 0 aliphatic heterocycles. The zero-order chi connectivity index (χ0) is 16.7. The van der Waals surface area contributed by atoms with Crippen molar-refractivity contribution in [2.45, 2.75) is 31.6 Å². The molecule has 0 spiro atoms. The molecule has 0 unspecified atom stereocenters. The minimum absolute atomic E-state index is 0.0580.